The van der Waals surface area contributed by atoms with Gasteiger partial charge in [0.1, 0.15) is 5.41 Å². The van der Waals surface area contributed by atoms with Crippen molar-refractivity contribution in [3.8, 4) is 11.5 Å². The lowest BCUT2D eigenvalue weighted by Gasteiger charge is -2.47. The van der Waals surface area contributed by atoms with Crippen LogP contribution in [0.2, 0.25) is 0 Å². The first-order valence-corrected chi connectivity index (χ1v) is 13.9. The molecule has 3 atom stereocenters. The molecular formula is C31H30N4O6. The number of barbiturate groups is 1. The number of benzene rings is 2. The minimum Gasteiger partial charge on any atom is -0.454 e. The highest BCUT2D eigenvalue weighted by atomic mass is 16.7. The van der Waals surface area contributed by atoms with Crippen LogP contribution < -0.4 is 20.3 Å². The summed E-state index contributed by atoms with van der Waals surface area (Å²) in [4.78, 5) is 57.1. The van der Waals surface area contributed by atoms with Crippen LogP contribution in [0.3, 0.4) is 0 Å². The summed E-state index contributed by atoms with van der Waals surface area (Å²) in [6.07, 6.45) is 1.04. The minimum atomic E-state index is -1.54. The molecule has 2 aromatic carbocycles. The van der Waals surface area contributed by atoms with Gasteiger partial charge in [0.05, 0.1) is 6.54 Å². The second-order valence-corrected chi connectivity index (χ2v) is 11.5. The summed E-state index contributed by atoms with van der Waals surface area (Å²) in [6.45, 7) is 2.18. The predicted molar refractivity (Wildman–Crippen MR) is 147 cm³/mol. The Morgan fingerprint density at radius 1 is 0.854 bits per heavy atom. The molecule has 0 aliphatic carbocycles. The standard InChI is InChI=1S/C31H30N4O6/c36-27-8-4-7-24-23-11-22(16-34(24)27)14-33(17-23)18-31(13-21-9-10-25-26(12-21)41-19-40-25)28(37)32-30(39)35(29(31)38)15-20-5-2-1-3-6-20/h1-10,12,22-23H,11,13-19H2,(H,32,37,39)/t22-,23+,31+/m1/s1. The number of carbonyl (C=O) groups is 3. The van der Waals surface area contributed by atoms with Crippen LogP contribution >= 0.6 is 0 Å². The molecule has 2 bridgehead atoms. The van der Waals surface area contributed by atoms with Crippen LogP contribution in [0.5, 0.6) is 11.5 Å². The maximum Gasteiger partial charge on any atom is 0.331 e. The van der Waals surface area contributed by atoms with E-state index in [4.69, 9.17) is 9.47 Å². The number of hydrogen-bond acceptors (Lipinski definition) is 7. The number of nitrogens with zero attached hydrogens (tertiary/aromatic N) is 3. The third-order valence-electron chi connectivity index (χ3n) is 8.73. The molecule has 2 fully saturated rings. The van der Waals surface area contributed by atoms with Gasteiger partial charge in [-0.15, -0.1) is 0 Å². The molecule has 2 saturated heterocycles. The van der Waals surface area contributed by atoms with Crippen LogP contribution in [0.25, 0.3) is 0 Å². The summed E-state index contributed by atoms with van der Waals surface area (Å²) in [6, 6.07) is 19.3. The van der Waals surface area contributed by atoms with Crippen molar-refractivity contribution in [1.29, 1.82) is 0 Å². The van der Waals surface area contributed by atoms with Crippen molar-refractivity contribution in [3.05, 3.63) is 93.9 Å². The molecule has 4 amide bonds. The lowest BCUT2D eigenvalue weighted by molar-refractivity contribution is -0.154. The average Bonchev–Trinajstić information content (AvgIpc) is 3.43. The Kier molecular flexibility index (Phi) is 6.15. The number of piperidine rings is 1. The summed E-state index contributed by atoms with van der Waals surface area (Å²) in [5.41, 5.74) is 0.974. The zero-order valence-corrected chi connectivity index (χ0v) is 22.5. The molecule has 10 nitrogen and oxygen atoms in total. The van der Waals surface area contributed by atoms with Gasteiger partial charge >= 0.3 is 6.03 Å². The number of fused-ring (bicyclic) bond motifs is 5. The molecule has 210 valence electrons. The average molecular weight is 555 g/mol. The number of ether oxygens (including phenoxy) is 2. The molecule has 0 radical (unpaired) electrons. The van der Waals surface area contributed by atoms with Crippen LogP contribution in [-0.2, 0) is 29.1 Å². The summed E-state index contributed by atoms with van der Waals surface area (Å²) in [7, 11) is 0. The Morgan fingerprint density at radius 2 is 1.68 bits per heavy atom. The number of carbonyl (C=O) groups excluding carboxylic acids is 3. The van der Waals surface area contributed by atoms with Crippen molar-refractivity contribution >= 4 is 17.8 Å². The van der Waals surface area contributed by atoms with Crippen molar-refractivity contribution in [2.45, 2.75) is 31.8 Å². The Morgan fingerprint density at radius 3 is 2.54 bits per heavy atom. The van der Waals surface area contributed by atoms with Crippen molar-refractivity contribution in [2.24, 2.45) is 11.3 Å². The van der Waals surface area contributed by atoms with Gasteiger partial charge in [0, 0.05) is 43.9 Å². The number of imide groups is 2. The number of amides is 4. The fraction of sp³-hybridized carbons (Fsp3) is 0.355. The zero-order valence-electron chi connectivity index (χ0n) is 22.5. The molecule has 3 aromatic rings. The zero-order chi connectivity index (χ0) is 28.1. The lowest BCUT2D eigenvalue weighted by Crippen LogP contribution is -2.67. The van der Waals surface area contributed by atoms with Gasteiger partial charge in [-0.3, -0.25) is 24.6 Å². The van der Waals surface area contributed by atoms with E-state index in [0.29, 0.717) is 31.1 Å². The van der Waals surface area contributed by atoms with Crippen molar-refractivity contribution in [3.63, 3.8) is 0 Å². The highest BCUT2D eigenvalue weighted by Gasteiger charge is 2.55. The summed E-state index contributed by atoms with van der Waals surface area (Å²) in [5.74, 6) is 0.395. The van der Waals surface area contributed by atoms with E-state index in [2.05, 4.69) is 10.2 Å². The number of urea groups is 1. The van der Waals surface area contributed by atoms with E-state index in [1.807, 2.05) is 47.0 Å². The number of rotatable bonds is 6. The van der Waals surface area contributed by atoms with E-state index >= 15 is 0 Å². The van der Waals surface area contributed by atoms with Crippen LogP contribution in [0, 0.1) is 11.3 Å². The van der Waals surface area contributed by atoms with Crippen molar-refractivity contribution in [2.75, 3.05) is 26.4 Å². The maximum atomic E-state index is 14.4. The Hall–Kier alpha value is -4.44. The summed E-state index contributed by atoms with van der Waals surface area (Å²) >= 11 is 0. The summed E-state index contributed by atoms with van der Waals surface area (Å²) in [5, 5.41) is 2.51. The van der Waals surface area contributed by atoms with Crippen LogP contribution in [-0.4, -0.2) is 58.6 Å². The molecule has 5 heterocycles. The number of likely N-dealkylation sites (tertiary alicyclic amines) is 1. The SMILES string of the molecule is O=C1NC(=O)[C@](Cc2ccc3c(c2)OCO3)(CN2C[C@H]3C[C@@H](C2)c2cccc(=O)n2C3)C(=O)N1Cc1ccccc1. The molecule has 0 spiro atoms. The first-order chi connectivity index (χ1) is 19.9. The van der Waals surface area contributed by atoms with E-state index in [1.54, 1.807) is 24.3 Å². The second kappa shape index (κ2) is 9.88. The quantitative estimate of drug-likeness (QED) is 0.467. The van der Waals surface area contributed by atoms with Crippen molar-refractivity contribution in [1.82, 2.24) is 19.7 Å². The molecular weight excluding hydrogens is 524 g/mol. The fourth-order valence-corrected chi connectivity index (χ4v) is 6.90. The van der Waals surface area contributed by atoms with E-state index in [1.165, 1.54) is 0 Å². The number of hydrogen-bond donors (Lipinski definition) is 1. The maximum absolute atomic E-state index is 14.4. The Labute approximate surface area is 236 Å². The third kappa shape index (κ3) is 4.48. The number of pyridine rings is 1. The van der Waals surface area contributed by atoms with Gasteiger partial charge in [-0.2, -0.15) is 0 Å². The van der Waals surface area contributed by atoms with Gasteiger partial charge in [-0.1, -0.05) is 42.5 Å². The minimum absolute atomic E-state index is 0.00170. The third-order valence-corrected chi connectivity index (χ3v) is 8.73. The van der Waals surface area contributed by atoms with E-state index in [-0.39, 0.29) is 43.7 Å². The molecule has 1 aromatic heterocycles. The first kappa shape index (κ1) is 25.5. The van der Waals surface area contributed by atoms with Crippen LogP contribution in [0.15, 0.2) is 71.5 Å². The first-order valence-electron chi connectivity index (χ1n) is 13.9. The highest BCUT2D eigenvalue weighted by Crippen LogP contribution is 2.40. The number of aromatic nitrogens is 1. The monoisotopic (exact) mass is 554 g/mol. The molecule has 4 aliphatic rings. The molecule has 4 aliphatic heterocycles. The van der Waals surface area contributed by atoms with Gasteiger partial charge < -0.3 is 18.9 Å². The predicted octanol–water partition coefficient (Wildman–Crippen LogP) is 2.50. The molecule has 0 unspecified atom stereocenters. The van der Waals surface area contributed by atoms with Crippen molar-refractivity contribution < 1.29 is 23.9 Å². The Bertz CT molecular complexity index is 1600. The lowest BCUT2D eigenvalue weighted by atomic mass is 9.75. The van der Waals surface area contributed by atoms with E-state index < -0.39 is 23.3 Å². The van der Waals surface area contributed by atoms with Gasteiger partial charge in [0.15, 0.2) is 11.5 Å². The van der Waals surface area contributed by atoms with Gasteiger partial charge in [-0.05, 0) is 48.1 Å². The fourth-order valence-electron chi connectivity index (χ4n) is 6.90. The largest absolute Gasteiger partial charge is 0.454 e. The number of nitrogens with one attached hydrogen (secondary N) is 1. The Balaban J connectivity index is 1.24. The molecule has 41 heavy (non-hydrogen) atoms. The molecule has 0 saturated carbocycles. The second-order valence-electron chi connectivity index (χ2n) is 11.5. The van der Waals surface area contributed by atoms with Crippen LogP contribution in [0.1, 0.15) is 29.2 Å². The van der Waals surface area contributed by atoms with E-state index in [9.17, 15) is 19.2 Å². The van der Waals surface area contributed by atoms with E-state index in [0.717, 1.165) is 28.1 Å². The normalized spacial score (nSPS) is 25.2. The topological polar surface area (TPSA) is 110 Å². The van der Waals surface area contributed by atoms with Crippen LogP contribution in [0.4, 0.5) is 4.79 Å². The van der Waals surface area contributed by atoms with Gasteiger partial charge in [0.25, 0.3) is 5.56 Å². The van der Waals surface area contributed by atoms with Gasteiger partial charge in [0.2, 0.25) is 18.6 Å². The van der Waals surface area contributed by atoms with Gasteiger partial charge in [-0.25, -0.2) is 4.79 Å². The molecule has 7 rings (SSSR count). The molecule has 1 N–H and O–H groups in total. The molecule has 10 heteroatoms. The smallest absolute Gasteiger partial charge is 0.331 e. The summed E-state index contributed by atoms with van der Waals surface area (Å²) < 4.78 is 12.9. The highest BCUT2D eigenvalue weighted by molar-refractivity contribution is 6.19.